The molecule has 0 spiro atoms. The fraction of sp³-hybridized carbons (Fsp3) is 0.304. The first-order chi connectivity index (χ1) is 16.5. The molecule has 1 fully saturated rings. The van der Waals surface area contributed by atoms with Gasteiger partial charge in [0.1, 0.15) is 11.4 Å². The third kappa shape index (κ3) is 4.23. The average Bonchev–Trinajstić information content (AvgIpc) is 3.60. The Morgan fingerprint density at radius 1 is 1.26 bits per heavy atom. The Bertz CT molecular complexity index is 1380. The molecule has 0 bridgehead atoms. The van der Waals surface area contributed by atoms with Crippen LogP contribution in [0.2, 0.25) is 0 Å². The van der Waals surface area contributed by atoms with E-state index in [2.05, 4.69) is 31.4 Å². The number of nitrogens with zero attached hydrogens (tertiary/aromatic N) is 8. The number of nitriles is 1. The summed E-state index contributed by atoms with van der Waals surface area (Å²) < 4.78 is 23.9. The number of halogens is 1. The van der Waals surface area contributed by atoms with E-state index in [-0.39, 0.29) is 29.1 Å². The van der Waals surface area contributed by atoms with Gasteiger partial charge >= 0.3 is 0 Å². The van der Waals surface area contributed by atoms with Crippen LogP contribution in [0.3, 0.4) is 0 Å². The summed E-state index contributed by atoms with van der Waals surface area (Å²) >= 11 is 0. The van der Waals surface area contributed by atoms with E-state index in [1.165, 1.54) is 0 Å². The maximum atomic E-state index is 14.9. The van der Waals surface area contributed by atoms with Gasteiger partial charge in [0.05, 0.1) is 42.7 Å². The minimum Gasteiger partial charge on any atom is -0.381 e. The number of anilines is 1. The standard InChI is InChI=1S/C23H22FN9O/c1-14-15(10-25)4-2-6-18(14)23-27-21(20(24)22(26)28-23)19-13-33(31-29-19)11-16-7-8-32(30-16)12-17-5-3-9-34-17/h2,4,6-8,13,17H,3,5,9,11-12H2,1H3,(H2,26,27,28). The van der Waals surface area contributed by atoms with Gasteiger partial charge in [0.25, 0.3) is 0 Å². The number of aromatic nitrogens is 7. The van der Waals surface area contributed by atoms with Gasteiger partial charge < -0.3 is 10.5 Å². The lowest BCUT2D eigenvalue weighted by atomic mass is 10.0. The predicted octanol–water partition coefficient (Wildman–Crippen LogP) is 2.73. The van der Waals surface area contributed by atoms with Crippen LogP contribution in [-0.4, -0.2) is 47.5 Å². The summed E-state index contributed by atoms with van der Waals surface area (Å²) in [7, 11) is 0. The maximum Gasteiger partial charge on any atom is 0.193 e. The van der Waals surface area contributed by atoms with E-state index < -0.39 is 5.82 Å². The van der Waals surface area contributed by atoms with Crippen molar-refractivity contribution in [3.63, 3.8) is 0 Å². The molecular weight excluding hydrogens is 437 g/mol. The van der Waals surface area contributed by atoms with E-state index in [9.17, 15) is 9.65 Å². The lowest BCUT2D eigenvalue weighted by molar-refractivity contribution is 0.0939. The highest BCUT2D eigenvalue weighted by Crippen LogP contribution is 2.28. The summed E-state index contributed by atoms with van der Waals surface area (Å²) in [5.41, 5.74) is 8.57. The molecule has 4 heterocycles. The second kappa shape index (κ2) is 8.99. The molecule has 11 heteroatoms. The molecule has 4 aromatic rings. The Morgan fingerprint density at radius 3 is 2.94 bits per heavy atom. The molecule has 0 radical (unpaired) electrons. The first-order valence-corrected chi connectivity index (χ1v) is 10.9. The Kier molecular flexibility index (Phi) is 5.73. The summed E-state index contributed by atoms with van der Waals surface area (Å²) in [4.78, 5) is 8.46. The van der Waals surface area contributed by atoms with E-state index in [0.29, 0.717) is 29.8 Å². The molecule has 1 unspecified atom stereocenters. The lowest BCUT2D eigenvalue weighted by Gasteiger charge is -2.09. The van der Waals surface area contributed by atoms with Crippen molar-refractivity contribution in [2.75, 3.05) is 12.3 Å². The molecule has 1 aliphatic rings. The minimum absolute atomic E-state index is 0.0561. The summed E-state index contributed by atoms with van der Waals surface area (Å²) in [6.07, 6.45) is 5.81. The van der Waals surface area contributed by atoms with Crippen molar-refractivity contribution < 1.29 is 9.13 Å². The largest absolute Gasteiger partial charge is 0.381 e. The fourth-order valence-electron chi connectivity index (χ4n) is 3.99. The summed E-state index contributed by atoms with van der Waals surface area (Å²) in [5.74, 6) is -0.860. The number of rotatable bonds is 6. The molecule has 3 aromatic heterocycles. The monoisotopic (exact) mass is 459 g/mol. The Balaban J connectivity index is 1.40. The van der Waals surface area contributed by atoms with Gasteiger partial charge in [0, 0.05) is 18.4 Å². The number of ether oxygens (including phenoxy) is 1. The molecule has 1 saturated heterocycles. The van der Waals surface area contributed by atoms with Crippen LogP contribution in [-0.2, 0) is 17.8 Å². The first-order valence-electron chi connectivity index (χ1n) is 10.9. The van der Waals surface area contributed by atoms with Crippen LogP contribution >= 0.6 is 0 Å². The van der Waals surface area contributed by atoms with Crippen LogP contribution in [0.5, 0.6) is 0 Å². The van der Waals surface area contributed by atoms with E-state index in [4.69, 9.17) is 10.5 Å². The van der Waals surface area contributed by atoms with Crippen molar-refractivity contribution in [1.29, 1.82) is 5.26 Å². The molecule has 1 aromatic carbocycles. The number of hydrogen-bond acceptors (Lipinski definition) is 8. The number of nitrogen functional groups attached to an aromatic ring is 1. The molecule has 1 aliphatic heterocycles. The smallest absolute Gasteiger partial charge is 0.193 e. The lowest BCUT2D eigenvalue weighted by Crippen LogP contribution is -2.15. The Hall–Kier alpha value is -4.17. The second-order valence-electron chi connectivity index (χ2n) is 8.15. The van der Waals surface area contributed by atoms with Crippen LogP contribution in [0.15, 0.2) is 36.7 Å². The van der Waals surface area contributed by atoms with Gasteiger partial charge in [-0.15, -0.1) is 5.10 Å². The Labute approximate surface area is 194 Å². The van der Waals surface area contributed by atoms with Gasteiger partial charge in [-0.05, 0) is 37.5 Å². The molecule has 0 amide bonds. The highest BCUT2D eigenvalue weighted by atomic mass is 19.1. The van der Waals surface area contributed by atoms with Gasteiger partial charge in [-0.1, -0.05) is 17.3 Å². The third-order valence-corrected chi connectivity index (χ3v) is 5.79. The number of nitrogens with two attached hydrogens (primary N) is 1. The van der Waals surface area contributed by atoms with Crippen molar-refractivity contribution >= 4 is 5.82 Å². The summed E-state index contributed by atoms with van der Waals surface area (Å²) in [5, 5.41) is 22.1. The van der Waals surface area contributed by atoms with Gasteiger partial charge in [-0.2, -0.15) is 10.4 Å². The van der Waals surface area contributed by atoms with Crippen LogP contribution in [0.25, 0.3) is 22.8 Å². The molecular formula is C23H22FN9O. The molecule has 2 N–H and O–H groups in total. The molecule has 0 saturated carbocycles. The van der Waals surface area contributed by atoms with Gasteiger partial charge in [0.2, 0.25) is 0 Å². The van der Waals surface area contributed by atoms with E-state index >= 15 is 0 Å². The second-order valence-corrected chi connectivity index (χ2v) is 8.15. The van der Waals surface area contributed by atoms with Gasteiger partial charge in [-0.25, -0.2) is 19.0 Å². The molecule has 1 atom stereocenters. The molecule has 34 heavy (non-hydrogen) atoms. The van der Waals surface area contributed by atoms with Crippen LogP contribution in [0, 0.1) is 24.1 Å². The maximum absolute atomic E-state index is 14.9. The summed E-state index contributed by atoms with van der Waals surface area (Å²) in [6.45, 7) is 3.66. The number of benzene rings is 1. The summed E-state index contributed by atoms with van der Waals surface area (Å²) in [6, 6.07) is 9.21. The van der Waals surface area contributed by atoms with Crippen molar-refractivity contribution in [2.24, 2.45) is 0 Å². The molecule has 0 aliphatic carbocycles. The van der Waals surface area contributed by atoms with Crippen molar-refractivity contribution in [3.05, 3.63) is 59.3 Å². The van der Waals surface area contributed by atoms with Gasteiger partial charge in [0.15, 0.2) is 17.5 Å². The van der Waals surface area contributed by atoms with Crippen molar-refractivity contribution in [1.82, 2.24) is 34.7 Å². The first kappa shape index (κ1) is 21.7. The van der Waals surface area contributed by atoms with Crippen LogP contribution < -0.4 is 5.73 Å². The van der Waals surface area contributed by atoms with Crippen LogP contribution in [0.4, 0.5) is 10.2 Å². The zero-order valence-electron chi connectivity index (χ0n) is 18.5. The normalized spacial score (nSPS) is 15.5. The van der Waals surface area contributed by atoms with E-state index in [0.717, 1.165) is 25.1 Å². The van der Waals surface area contributed by atoms with Crippen molar-refractivity contribution in [2.45, 2.75) is 39.0 Å². The van der Waals surface area contributed by atoms with Gasteiger partial charge in [-0.3, -0.25) is 4.68 Å². The predicted molar refractivity (Wildman–Crippen MR) is 121 cm³/mol. The van der Waals surface area contributed by atoms with E-state index in [1.807, 2.05) is 16.9 Å². The third-order valence-electron chi connectivity index (χ3n) is 5.79. The topological polar surface area (TPSA) is 133 Å². The van der Waals surface area contributed by atoms with Crippen LogP contribution in [0.1, 0.15) is 29.7 Å². The zero-order valence-corrected chi connectivity index (χ0v) is 18.5. The Morgan fingerprint density at radius 2 is 2.15 bits per heavy atom. The molecule has 172 valence electrons. The fourth-order valence-corrected chi connectivity index (χ4v) is 3.99. The molecule has 5 rings (SSSR count). The van der Waals surface area contributed by atoms with E-state index in [1.54, 1.807) is 36.0 Å². The molecule has 10 nitrogen and oxygen atoms in total. The zero-order chi connectivity index (χ0) is 23.7. The van der Waals surface area contributed by atoms with Crippen molar-refractivity contribution in [3.8, 4) is 28.8 Å². The minimum atomic E-state index is -0.772. The quantitative estimate of drug-likeness (QED) is 0.465. The average molecular weight is 459 g/mol. The SMILES string of the molecule is Cc1c(C#N)cccc1-c1nc(N)c(F)c(-c2cn(Cc3ccn(CC4CCCO4)n3)nn2)n1. The number of hydrogen-bond donors (Lipinski definition) is 1. The highest BCUT2D eigenvalue weighted by molar-refractivity contribution is 5.69. The highest BCUT2D eigenvalue weighted by Gasteiger charge is 2.20.